The molecule has 1 heterocycles. The predicted octanol–water partition coefficient (Wildman–Crippen LogP) is 3.29. The van der Waals surface area contributed by atoms with Gasteiger partial charge in [-0.1, -0.05) is 17.7 Å². The molecule has 1 aromatic carbocycles. The smallest absolute Gasteiger partial charge is 0.260 e. The zero-order valence-corrected chi connectivity index (χ0v) is 13.2. The van der Waals surface area contributed by atoms with Gasteiger partial charge < -0.3 is 0 Å². The van der Waals surface area contributed by atoms with Gasteiger partial charge in [-0.25, -0.2) is 0 Å². The lowest BCUT2D eigenvalue weighted by Crippen LogP contribution is -2.35. The van der Waals surface area contributed by atoms with Crippen LogP contribution >= 0.6 is 11.8 Å². The van der Waals surface area contributed by atoms with E-state index in [1.165, 1.54) is 0 Å². The fourth-order valence-electron chi connectivity index (χ4n) is 2.28. The summed E-state index contributed by atoms with van der Waals surface area (Å²) in [6.45, 7) is 5.65. The molecule has 0 bridgehead atoms. The summed E-state index contributed by atoms with van der Waals surface area (Å²) in [5.74, 6) is 1.91. The van der Waals surface area contributed by atoms with E-state index in [1.807, 2.05) is 44.7 Å². The number of thioether (sulfide) groups is 1. The highest BCUT2D eigenvalue weighted by atomic mass is 32.2. The van der Waals surface area contributed by atoms with Crippen molar-refractivity contribution in [1.29, 1.82) is 0 Å². The Morgan fingerprint density at radius 3 is 2.42 bits per heavy atom. The largest absolute Gasteiger partial charge is 0.297 e. The van der Waals surface area contributed by atoms with Crippen LogP contribution in [-0.4, -0.2) is 25.5 Å². The summed E-state index contributed by atoms with van der Waals surface area (Å²) in [4.78, 5) is 0.289. The van der Waals surface area contributed by atoms with Crippen molar-refractivity contribution in [2.24, 2.45) is 0 Å². The Hall–Kier alpha value is -0.520. The Morgan fingerprint density at radius 1 is 1.21 bits per heavy atom. The molecule has 0 atom stereocenters. The highest BCUT2D eigenvalue weighted by molar-refractivity contribution is 7.99. The summed E-state index contributed by atoms with van der Waals surface area (Å²) >= 11 is 1.85. The summed E-state index contributed by atoms with van der Waals surface area (Å²) in [7, 11) is -3.68. The molecule has 3 nitrogen and oxygen atoms in total. The van der Waals surface area contributed by atoms with Crippen LogP contribution in [0.15, 0.2) is 23.1 Å². The number of aryl methyl sites for hydroxylation is 2. The van der Waals surface area contributed by atoms with Crippen molar-refractivity contribution in [1.82, 2.24) is 0 Å². The van der Waals surface area contributed by atoms with Gasteiger partial charge in [0.05, 0.1) is 10.5 Å². The predicted molar refractivity (Wildman–Crippen MR) is 79.2 cm³/mol. The lowest BCUT2D eigenvalue weighted by Gasteiger charge is -2.32. The van der Waals surface area contributed by atoms with E-state index in [4.69, 9.17) is 4.18 Å². The summed E-state index contributed by atoms with van der Waals surface area (Å²) in [6.07, 6.45) is 1.56. The molecule has 1 aromatic rings. The first-order valence-corrected chi connectivity index (χ1v) is 8.99. The van der Waals surface area contributed by atoms with Crippen LogP contribution in [0.3, 0.4) is 0 Å². The molecule has 0 aliphatic carbocycles. The van der Waals surface area contributed by atoms with Crippen molar-refractivity contribution < 1.29 is 12.6 Å². The molecule has 19 heavy (non-hydrogen) atoms. The summed E-state index contributed by atoms with van der Waals surface area (Å²) in [5, 5.41) is 0. The van der Waals surface area contributed by atoms with Crippen LogP contribution < -0.4 is 0 Å². The molecule has 1 fully saturated rings. The minimum absolute atomic E-state index is 0.289. The van der Waals surface area contributed by atoms with Gasteiger partial charge in [0.25, 0.3) is 10.1 Å². The monoisotopic (exact) mass is 300 g/mol. The molecular formula is C14H20O3S2. The van der Waals surface area contributed by atoms with Crippen molar-refractivity contribution >= 4 is 21.9 Å². The van der Waals surface area contributed by atoms with Crippen molar-refractivity contribution in [2.75, 3.05) is 11.5 Å². The molecule has 1 aliphatic rings. The molecule has 0 radical (unpaired) electrons. The highest BCUT2D eigenvalue weighted by Gasteiger charge is 2.34. The molecular weight excluding hydrogens is 280 g/mol. The number of rotatable bonds is 3. The normalized spacial score (nSPS) is 19.3. The molecule has 0 aromatic heterocycles. The van der Waals surface area contributed by atoms with Crippen molar-refractivity contribution in [3.63, 3.8) is 0 Å². The third-order valence-corrected chi connectivity index (χ3v) is 6.07. The van der Waals surface area contributed by atoms with Crippen LogP contribution in [0.5, 0.6) is 0 Å². The minimum atomic E-state index is -3.68. The van der Waals surface area contributed by atoms with Crippen molar-refractivity contribution in [3.8, 4) is 0 Å². The molecule has 106 valence electrons. The first kappa shape index (κ1) is 14.9. The molecule has 0 N–H and O–H groups in total. The van der Waals surface area contributed by atoms with Gasteiger partial charge in [0.1, 0.15) is 0 Å². The fraction of sp³-hybridized carbons (Fsp3) is 0.571. The van der Waals surface area contributed by atoms with E-state index in [0.29, 0.717) is 0 Å². The van der Waals surface area contributed by atoms with E-state index in [1.54, 1.807) is 6.07 Å². The molecule has 0 spiro atoms. The van der Waals surface area contributed by atoms with Gasteiger partial charge in [-0.2, -0.15) is 20.2 Å². The Balaban J connectivity index is 2.27. The van der Waals surface area contributed by atoms with Gasteiger partial charge in [0.15, 0.2) is 0 Å². The van der Waals surface area contributed by atoms with E-state index in [0.717, 1.165) is 35.5 Å². The third-order valence-electron chi connectivity index (χ3n) is 3.46. The maximum Gasteiger partial charge on any atom is 0.297 e. The molecule has 0 amide bonds. The summed E-state index contributed by atoms with van der Waals surface area (Å²) < 4.78 is 30.3. The Morgan fingerprint density at radius 2 is 1.84 bits per heavy atom. The number of benzene rings is 1. The number of hydrogen-bond acceptors (Lipinski definition) is 4. The summed E-state index contributed by atoms with van der Waals surface area (Å²) in [6, 6.07) is 5.32. The van der Waals surface area contributed by atoms with Crippen LogP contribution in [0, 0.1) is 13.8 Å². The first-order valence-electron chi connectivity index (χ1n) is 6.43. The van der Waals surface area contributed by atoms with E-state index < -0.39 is 15.7 Å². The van der Waals surface area contributed by atoms with E-state index >= 15 is 0 Å². The van der Waals surface area contributed by atoms with Gasteiger partial charge in [-0.05, 0) is 56.7 Å². The van der Waals surface area contributed by atoms with Gasteiger partial charge >= 0.3 is 0 Å². The molecule has 0 saturated carbocycles. The topological polar surface area (TPSA) is 43.4 Å². The highest BCUT2D eigenvalue weighted by Crippen LogP contribution is 2.33. The quantitative estimate of drug-likeness (QED) is 0.803. The van der Waals surface area contributed by atoms with Crippen LogP contribution in [0.4, 0.5) is 0 Å². The molecule has 1 saturated heterocycles. The molecule has 0 unspecified atom stereocenters. The van der Waals surface area contributed by atoms with Crippen LogP contribution in [0.25, 0.3) is 0 Å². The molecule has 5 heteroatoms. The van der Waals surface area contributed by atoms with Gasteiger partial charge in [-0.3, -0.25) is 4.18 Å². The molecule has 1 aliphatic heterocycles. The van der Waals surface area contributed by atoms with Crippen molar-refractivity contribution in [3.05, 3.63) is 29.3 Å². The Labute approximate surface area is 119 Å². The summed E-state index contributed by atoms with van der Waals surface area (Å²) in [5.41, 5.74) is 1.24. The van der Waals surface area contributed by atoms with E-state index in [-0.39, 0.29) is 4.90 Å². The second-order valence-corrected chi connectivity index (χ2v) is 8.11. The standard InChI is InChI=1S/C14H20O3S2/c1-11-4-5-13(12(2)10-11)19(15,16)17-14(3)6-8-18-9-7-14/h4-5,10H,6-9H2,1-3H3. The van der Waals surface area contributed by atoms with E-state index in [9.17, 15) is 8.42 Å². The fourth-order valence-corrected chi connectivity index (χ4v) is 5.11. The van der Waals surface area contributed by atoms with Gasteiger partial charge in [0.2, 0.25) is 0 Å². The SMILES string of the molecule is Cc1ccc(S(=O)(=O)OC2(C)CCSCC2)c(C)c1. The Kier molecular flexibility index (Phi) is 4.28. The maximum atomic E-state index is 12.4. The second-order valence-electron chi connectivity index (χ2n) is 5.37. The van der Waals surface area contributed by atoms with Gasteiger partial charge in [0, 0.05) is 0 Å². The average molecular weight is 300 g/mol. The van der Waals surface area contributed by atoms with Crippen LogP contribution in [0.1, 0.15) is 30.9 Å². The maximum absolute atomic E-state index is 12.4. The van der Waals surface area contributed by atoms with Crippen LogP contribution in [-0.2, 0) is 14.3 Å². The van der Waals surface area contributed by atoms with Crippen LogP contribution in [0.2, 0.25) is 0 Å². The third kappa shape index (κ3) is 3.52. The van der Waals surface area contributed by atoms with Gasteiger partial charge in [-0.15, -0.1) is 0 Å². The zero-order valence-electron chi connectivity index (χ0n) is 11.6. The van der Waals surface area contributed by atoms with Crippen molar-refractivity contribution in [2.45, 2.75) is 44.1 Å². The number of hydrogen-bond donors (Lipinski definition) is 0. The molecule has 2 rings (SSSR count). The first-order chi connectivity index (χ1) is 8.82. The average Bonchev–Trinajstić information content (AvgIpc) is 2.27. The lowest BCUT2D eigenvalue weighted by atomic mass is 10.0. The van der Waals surface area contributed by atoms with E-state index in [2.05, 4.69) is 0 Å². The zero-order chi connectivity index (χ0) is 14.1. The lowest BCUT2D eigenvalue weighted by molar-refractivity contribution is 0.0879. The minimum Gasteiger partial charge on any atom is -0.260 e. The second kappa shape index (κ2) is 5.46. The Bertz CT molecular complexity index is 558.